The fourth-order valence-corrected chi connectivity index (χ4v) is 2.88. The predicted octanol–water partition coefficient (Wildman–Crippen LogP) is 1.28. The Balaban J connectivity index is 2.12. The van der Waals surface area contributed by atoms with Crippen molar-refractivity contribution >= 4 is 5.91 Å². The minimum absolute atomic E-state index is 0.115. The lowest BCUT2D eigenvalue weighted by Gasteiger charge is -2.36. The highest BCUT2D eigenvalue weighted by Gasteiger charge is 2.29. The lowest BCUT2D eigenvalue weighted by Crippen LogP contribution is -2.49. The lowest BCUT2D eigenvalue weighted by atomic mass is 9.94. The van der Waals surface area contributed by atoms with Crippen molar-refractivity contribution in [2.24, 2.45) is 5.92 Å². The maximum Gasteiger partial charge on any atom is 0.272 e. The first kappa shape index (κ1) is 14.1. The third kappa shape index (κ3) is 2.81. The molecule has 0 aliphatic carbocycles. The molecule has 0 saturated carbocycles. The summed E-state index contributed by atoms with van der Waals surface area (Å²) >= 11 is 0. The summed E-state index contributed by atoms with van der Waals surface area (Å²) in [5, 5.41) is 7.68. The summed E-state index contributed by atoms with van der Waals surface area (Å²) in [6.45, 7) is 8.51. The van der Waals surface area contributed by atoms with E-state index in [0.29, 0.717) is 12.0 Å². The summed E-state index contributed by atoms with van der Waals surface area (Å²) in [4.78, 5) is 14.5. The molecule has 5 heteroatoms. The highest BCUT2D eigenvalue weighted by atomic mass is 16.2. The SMILES string of the molecule is CCn1nc(C)cc1C(=O)N1CCC(NC)C(C)C1. The van der Waals surface area contributed by atoms with Crippen LogP contribution in [0.3, 0.4) is 0 Å². The molecule has 1 aromatic rings. The van der Waals surface area contributed by atoms with E-state index in [2.05, 4.69) is 17.3 Å². The van der Waals surface area contributed by atoms with Gasteiger partial charge in [0.15, 0.2) is 0 Å². The number of carbonyl (C=O) groups excluding carboxylic acids is 1. The Kier molecular flexibility index (Phi) is 4.24. The number of aryl methyl sites for hydroxylation is 2. The topological polar surface area (TPSA) is 50.2 Å². The summed E-state index contributed by atoms with van der Waals surface area (Å²) in [6.07, 6.45) is 1.02. The van der Waals surface area contributed by atoms with E-state index in [1.165, 1.54) is 0 Å². The molecule has 1 fully saturated rings. The van der Waals surface area contributed by atoms with Crippen LogP contribution >= 0.6 is 0 Å². The van der Waals surface area contributed by atoms with E-state index in [1.54, 1.807) is 4.68 Å². The van der Waals surface area contributed by atoms with Crippen LogP contribution in [0.5, 0.6) is 0 Å². The van der Waals surface area contributed by atoms with Gasteiger partial charge in [-0.05, 0) is 39.3 Å². The zero-order valence-electron chi connectivity index (χ0n) is 12.3. The number of likely N-dealkylation sites (tertiary alicyclic amines) is 1. The van der Waals surface area contributed by atoms with Gasteiger partial charge < -0.3 is 10.2 Å². The molecular formula is C14H24N4O. The van der Waals surface area contributed by atoms with E-state index in [1.807, 2.05) is 31.9 Å². The third-order valence-electron chi connectivity index (χ3n) is 3.98. The highest BCUT2D eigenvalue weighted by Crippen LogP contribution is 2.19. The molecule has 2 rings (SSSR count). The smallest absolute Gasteiger partial charge is 0.272 e. The van der Waals surface area contributed by atoms with Crippen LogP contribution in [-0.4, -0.2) is 46.8 Å². The maximum atomic E-state index is 12.6. The normalized spacial score (nSPS) is 23.7. The van der Waals surface area contributed by atoms with Crippen molar-refractivity contribution in [1.82, 2.24) is 20.0 Å². The minimum Gasteiger partial charge on any atom is -0.337 e. The van der Waals surface area contributed by atoms with Crippen LogP contribution in [0.15, 0.2) is 6.07 Å². The number of rotatable bonds is 3. The molecule has 0 radical (unpaired) electrons. The van der Waals surface area contributed by atoms with E-state index in [4.69, 9.17) is 0 Å². The van der Waals surface area contributed by atoms with Gasteiger partial charge in [-0.2, -0.15) is 5.10 Å². The average Bonchev–Trinajstić information content (AvgIpc) is 2.79. The molecule has 1 aliphatic heterocycles. The van der Waals surface area contributed by atoms with Gasteiger partial charge in [0.25, 0.3) is 5.91 Å². The van der Waals surface area contributed by atoms with Crippen molar-refractivity contribution in [2.45, 2.75) is 39.8 Å². The Bertz CT molecular complexity index is 454. The number of hydrogen-bond donors (Lipinski definition) is 1. The van der Waals surface area contributed by atoms with E-state index < -0.39 is 0 Å². The first-order valence-corrected chi connectivity index (χ1v) is 7.07. The third-order valence-corrected chi connectivity index (χ3v) is 3.98. The molecule has 19 heavy (non-hydrogen) atoms. The Morgan fingerprint density at radius 3 is 2.89 bits per heavy atom. The van der Waals surface area contributed by atoms with Gasteiger partial charge in [0.2, 0.25) is 0 Å². The maximum absolute atomic E-state index is 12.6. The van der Waals surface area contributed by atoms with Crippen LogP contribution in [0, 0.1) is 12.8 Å². The van der Waals surface area contributed by atoms with Crippen LogP contribution in [0.2, 0.25) is 0 Å². The average molecular weight is 264 g/mol. The van der Waals surface area contributed by atoms with Gasteiger partial charge in [0.05, 0.1) is 5.69 Å². The van der Waals surface area contributed by atoms with Gasteiger partial charge in [0.1, 0.15) is 5.69 Å². The van der Waals surface area contributed by atoms with Crippen molar-refractivity contribution in [3.63, 3.8) is 0 Å². The van der Waals surface area contributed by atoms with Crippen LogP contribution in [0.1, 0.15) is 36.5 Å². The molecular weight excluding hydrogens is 240 g/mol. The first-order chi connectivity index (χ1) is 9.06. The van der Waals surface area contributed by atoms with Crippen molar-refractivity contribution in [1.29, 1.82) is 0 Å². The number of amides is 1. The molecule has 0 bridgehead atoms. The fraction of sp³-hybridized carbons (Fsp3) is 0.714. The molecule has 1 N–H and O–H groups in total. The van der Waals surface area contributed by atoms with Gasteiger partial charge in [0, 0.05) is 25.7 Å². The Hall–Kier alpha value is -1.36. The number of nitrogens with one attached hydrogen (secondary N) is 1. The van der Waals surface area contributed by atoms with Gasteiger partial charge in [-0.25, -0.2) is 0 Å². The summed E-state index contributed by atoms with van der Waals surface area (Å²) in [5.74, 6) is 0.602. The van der Waals surface area contributed by atoms with Crippen molar-refractivity contribution in [2.75, 3.05) is 20.1 Å². The molecule has 0 aromatic carbocycles. The number of carbonyl (C=O) groups is 1. The van der Waals surface area contributed by atoms with Crippen LogP contribution in [0.25, 0.3) is 0 Å². The van der Waals surface area contributed by atoms with Crippen molar-refractivity contribution in [3.8, 4) is 0 Å². The van der Waals surface area contributed by atoms with Gasteiger partial charge in [-0.1, -0.05) is 6.92 Å². The highest BCUT2D eigenvalue weighted by molar-refractivity contribution is 5.92. The Labute approximate surface area is 115 Å². The van der Waals surface area contributed by atoms with Crippen LogP contribution in [0.4, 0.5) is 0 Å². The molecule has 0 spiro atoms. The zero-order valence-corrected chi connectivity index (χ0v) is 12.3. The minimum atomic E-state index is 0.115. The van der Waals surface area contributed by atoms with E-state index in [-0.39, 0.29) is 5.91 Å². The summed E-state index contributed by atoms with van der Waals surface area (Å²) in [6, 6.07) is 2.41. The molecule has 1 aromatic heterocycles. The summed E-state index contributed by atoms with van der Waals surface area (Å²) in [5.41, 5.74) is 1.62. The van der Waals surface area contributed by atoms with Crippen LogP contribution in [-0.2, 0) is 6.54 Å². The largest absolute Gasteiger partial charge is 0.337 e. The monoisotopic (exact) mass is 264 g/mol. The molecule has 1 amide bonds. The fourth-order valence-electron chi connectivity index (χ4n) is 2.88. The number of nitrogens with zero attached hydrogens (tertiary/aromatic N) is 3. The molecule has 1 aliphatic rings. The predicted molar refractivity (Wildman–Crippen MR) is 75.2 cm³/mol. The van der Waals surface area contributed by atoms with E-state index in [9.17, 15) is 4.79 Å². The summed E-state index contributed by atoms with van der Waals surface area (Å²) in [7, 11) is 1.99. The second kappa shape index (κ2) is 5.74. The van der Waals surface area contributed by atoms with Gasteiger partial charge >= 0.3 is 0 Å². The van der Waals surface area contributed by atoms with Gasteiger partial charge in [-0.15, -0.1) is 0 Å². The number of hydrogen-bond acceptors (Lipinski definition) is 3. The van der Waals surface area contributed by atoms with E-state index in [0.717, 1.165) is 37.4 Å². The number of aromatic nitrogens is 2. The molecule has 5 nitrogen and oxygen atoms in total. The van der Waals surface area contributed by atoms with Crippen LogP contribution < -0.4 is 5.32 Å². The first-order valence-electron chi connectivity index (χ1n) is 7.07. The second-order valence-electron chi connectivity index (χ2n) is 5.40. The number of piperidine rings is 1. The quantitative estimate of drug-likeness (QED) is 0.895. The second-order valence-corrected chi connectivity index (χ2v) is 5.40. The van der Waals surface area contributed by atoms with Crippen molar-refractivity contribution in [3.05, 3.63) is 17.5 Å². The Morgan fingerprint density at radius 1 is 1.58 bits per heavy atom. The van der Waals surface area contributed by atoms with E-state index >= 15 is 0 Å². The molecule has 1 saturated heterocycles. The zero-order chi connectivity index (χ0) is 14.0. The summed E-state index contributed by atoms with van der Waals surface area (Å²) < 4.78 is 1.80. The molecule has 106 valence electrons. The van der Waals surface area contributed by atoms with Gasteiger partial charge in [-0.3, -0.25) is 9.48 Å². The lowest BCUT2D eigenvalue weighted by molar-refractivity contribution is 0.0637. The molecule has 2 atom stereocenters. The molecule has 2 heterocycles. The van der Waals surface area contributed by atoms with Crippen molar-refractivity contribution < 1.29 is 4.79 Å². The standard InChI is InChI=1S/C14H24N4O/c1-5-18-13(8-11(3)16-18)14(19)17-7-6-12(15-4)10(2)9-17/h8,10,12,15H,5-7,9H2,1-4H3. The molecule has 2 unspecified atom stereocenters. The Morgan fingerprint density at radius 2 is 2.32 bits per heavy atom.